The van der Waals surface area contributed by atoms with E-state index in [1.165, 1.54) is 0 Å². The molecule has 0 aromatic carbocycles. The molecule has 0 saturated carbocycles. The van der Waals surface area contributed by atoms with Crippen LogP contribution in [0.5, 0.6) is 0 Å². The summed E-state index contributed by atoms with van der Waals surface area (Å²) in [6, 6.07) is 7.61. The van der Waals surface area contributed by atoms with Crippen molar-refractivity contribution in [3.05, 3.63) is 50.8 Å². The van der Waals surface area contributed by atoms with Crippen LogP contribution in [0.15, 0.2) is 45.6 Å². The second kappa shape index (κ2) is 32.0. The number of carbonyl (C=O) groups excluding carboxylic acids is 3. The first-order chi connectivity index (χ1) is 23.4. The SMILES string of the molecule is CC(C)(C)OC(=O)CC1CCN(c2ccc(Br)cn2)CC1.CC(C)(C)OC(=O)CC1CCNCC1.Clc1ccc(Br)cn1.O=CO[O-].[2H]CF.[H-].[K+].[K+]. The maximum absolute atomic E-state index is 11.9. The average Bonchev–Trinajstić information content (AvgIpc) is 3.03. The number of alkyl halides is 1. The van der Waals surface area contributed by atoms with Crippen LogP contribution in [0.3, 0.4) is 0 Å². The number of rotatable bonds is 6. The molecule has 0 spiro atoms. The molecule has 4 heterocycles. The molecule has 2 aromatic heterocycles. The summed E-state index contributed by atoms with van der Waals surface area (Å²) in [5.74, 6) is 1.82. The molecule has 2 fully saturated rings. The van der Waals surface area contributed by atoms with Crippen LogP contribution in [0.4, 0.5) is 10.2 Å². The fraction of sp³-hybridized carbons (Fsp3) is 0.618. The van der Waals surface area contributed by atoms with Gasteiger partial charge in [0.15, 0.2) is 0 Å². The topological polar surface area (TPSA) is 143 Å². The first kappa shape index (κ1) is 54.0. The second-order valence-corrected chi connectivity index (χ2v) is 15.2. The predicted octanol–water partition coefficient (Wildman–Crippen LogP) is 1.15. The Morgan fingerprint density at radius 3 is 1.69 bits per heavy atom. The minimum atomic E-state index is -1.00. The number of pyridine rings is 2. The Labute approximate surface area is 412 Å². The molecule has 0 aliphatic carbocycles. The average molecular weight is 922 g/mol. The molecule has 17 heteroatoms. The zero-order chi connectivity index (χ0) is 38.2. The van der Waals surface area contributed by atoms with Gasteiger partial charge in [-0.2, -0.15) is 0 Å². The fourth-order valence-electron chi connectivity index (χ4n) is 4.60. The molecule has 2 aliphatic rings. The van der Waals surface area contributed by atoms with Gasteiger partial charge in [0.2, 0.25) is 0 Å². The number of halogens is 4. The number of piperidine rings is 2. The van der Waals surface area contributed by atoms with Gasteiger partial charge in [-0.3, -0.25) is 18.8 Å². The molecule has 4 rings (SSSR count). The van der Waals surface area contributed by atoms with Gasteiger partial charge < -0.3 is 31.3 Å². The van der Waals surface area contributed by atoms with E-state index in [9.17, 15) is 14.0 Å². The third-order valence-corrected chi connectivity index (χ3v) is 7.75. The third kappa shape index (κ3) is 31.7. The molecule has 280 valence electrons. The maximum atomic E-state index is 11.9. The molecule has 0 radical (unpaired) electrons. The number of carbonyl (C=O) groups is 3. The summed E-state index contributed by atoms with van der Waals surface area (Å²) in [7, 11) is -1.00. The van der Waals surface area contributed by atoms with Crippen LogP contribution in [0, 0.1) is 11.8 Å². The van der Waals surface area contributed by atoms with Gasteiger partial charge in [0.1, 0.15) is 22.2 Å². The van der Waals surface area contributed by atoms with E-state index in [4.69, 9.17) is 32.5 Å². The fourth-order valence-corrected chi connectivity index (χ4v) is 5.18. The standard InChI is InChI=1S/C16H23BrN2O2.C11H21NO2.C5H3BrClN.CH3F.CH2O3.2K.H/c1-16(2,3)21-15(20)10-12-6-8-19(9-7-12)14-5-4-13(17)11-18-14;1-11(2,3)14-10(13)8-9-4-6-12-7-5-9;6-4-1-2-5(7)8-3-4;1-2;2-1-4-3;;;/h4-5,11-12H,6-10H2,1-3H3;9,12H,4-8H2,1-3H3;1-3H;1H3;1,3H;;;/q;;;;;2*+1;-1/p-1/i;;;1D;;;;. The monoisotopic (exact) mass is 919 g/mol. The van der Waals surface area contributed by atoms with Crippen molar-refractivity contribution in [2.75, 3.05) is 38.2 Å². The van der Waals surface area contributed by atoms with E-state index >= 15 is 0 Å². The van der Waals surface area contributed by atoms with E-state index < -0.39 is 7.15 Å². The van der Waals surface area contributed by atoms with Crippen molar-refractivity contribution >= 4 is 67.7 Å². The minimum Gasteiger partial charge on any atom is -1.00 e. The second-order valence-electron chi connectivity index (χ2n) is 13.0. The molecule has 51 heavy (non-hydrogen) atoms. The normalized spacial score (nSPS) is 14.5. The summed E-state index contributed by atoms with van der Waals surface area (Å²) in [5.41, 5.74) is -0.733. The van der Waals surface area contributed by atoms with Crippen LogP contribution in [0.1, 0.15) is 82.9 Å². The third-order valence-electron chi connectivity index (χ3n) is 6.59. The molecular weight excluding hydrogens is 869 g/mol. The first-order valence-electron chi connectivity index (χ1n) is 16.5. The van der Waals surface area contributed by atoms with Crippen molar-refractivity contribution in [1.82, 2.24) is 15.3 Å². The van der Waals surface area contributed by atoms with Gasteiger partial charge in [-0.15, -0.1) is 0 Å². The summed E-state index contributed by atoms with van der Waals surface area (Å²) in [6.45, 7) is 15.2. The van der Waals surface area contributed by atoms with Crippen LogP contribution in [0.2, 0.25) is 5.15 Å². The van der Waals surface area contributed by atoms with Crippen LogP contribution in [0.25, 0.3) is 0 Å². The first-order valence-corrected chi connectivity index (χ1v) is 17.7. The Hall–Kier alpha value is 0.883. The maximum Gasteiger partial charge on any atom is 1.00 e. The number of anilines is 1. The van der Waals surface area contributed by atoms with Crippen molar-refractivity contribution in [2.24, 2.45) is 11.8 Å². The summed E-state index contributed by atoms with van der Waals surface area (Å²) in [5, 5.41) is 12.2. The molecule has 0 bridgehead atoms. The number of hydrogen-bond donors (Lipinski definition) is 1. The number of aromatic nitrogens is 2. The zero-order valence-electron chi connectivity index (χ0n) is 33.2. The summed E-state index contributed by atoms with van der Waals surface area (Å²) in [4.78, 5) is 45.1. The van der Waals surface area contributed by atoms with E-state index in [1.54, 1.807) is 12.3 Å². The van der Waals surface area contributed by atoms with E-state index in [-0.39, 0.29) is 134 Å². The molecule has 0 atom stereocenters. The minimum absolute atomic E-state index is 0. The Balaban J connectivity index is -0.000000325. The van der Waals surface area contributed by atoms with Crippen LogP contribution in [-0.2, 0) is 28.7 Å². The number of nitrogens with zero attached hydrogens (tertiary/aromatic N) is 3. The largest absolute Gasteiger partial charge is 1.00 e. The van der Waals surface area contributed by atoms with Crippen molar-refractivity contribution in [3.8, 4) is 0 Å². The van der Waals surface area contributed by atoms with E-state index in [2.05, 4.69) is 56.9 Å². The molecule has 1 N–H and O–H groups in total. The molecule has 2 aliphatic heterocycles. The van der Waals surface area contributed by atoms with Crippen molar-refractivity contribution in [1.29, 1.82) is 0 Å². The van der Waals surface area contributed by atoms with Gasteiger partial charge in [0.05, 0.1) is 8.52 Å². The van der Waals surface area contributed by atoms with E-state index in [1.807, 2.05) is 65.9 Å². The number of ether oxygens (including phenoxy) is 2. The summed E-state index contributed by atoms with van der Waals surface area (Å²) >= 11 is 12.1. The van der Waals surface area contributed by atoms with Crippen molar-refractivity contribution in [3.63, 3.8) is 0 Å². The molecule has 2 saturated heterocycles. The van der Waals surface area contributed by atoms with Gasteiger partial charge in [0.25, 0.3) is 6.47 Å². The molecular formula is C34H52Br2ClFK2N4O7. The van der Waals surface area contributed by atoms with Crippen LogP contribution < -0.4 is 118 Å². The van der Waals surface area contributed by atoms with Gasteiger partial charge in [-0.1, -0.05) is 11.6 Å². The smallest absolute Gasteiger partial charge is 1.00 e. The Morgan fingerprint density at radius 2 is 1.35 bits per heavy atom. The Kier molecular flexibility index (Phi) is 33.9. The molecule has 11 nitrogen and oxygen atoms in total. The van der Waals surface area contributed by atoms with Gasteiger partial charge in [-0.05, 0) is 148 Å². The summed E-state index contributed by atoms with van der Waals surface area (Å²) in [6.07, 6.45) is 8.80. The predicted molar refractivity (Wildman–Crippen MR) is 196 cm³/mol. The Bertz CT molecular complexity index is 1210. The van der Waals surface area contributed by atoms with Gasteiger partial charge in [0, 0.05) is 47.3 Å². The number of nitrogens with one attached hydrogen (secondary N) is 1. The van der Waals surface area contributed by atoms with Crippen LogP contribution in [-0.4, -0.2) is 72.9 Å². The van der Waals surface area contributed by atoms with E-state index in [0.29, 0.717) is 29.8 Å². The zero-order valence-corrected chi connectivity index (χ0v) is 41.4. The molecule has 0 unspecified atom stereocenters. The quantitative estimate of drug-likeness (QED) is 0.112. The van der Waals surface area contributed by atoms with E-state index in [0.717, 1.165) is 66.6 Å². The molecule has 2 aromatic rings. The number of hydrogen-bond acceptors (Lipinski definition) is 11. The van der Waals surface area contributed by atoms with Gasteiger partial charge >= 0.3 is 115 Å². The van der Waals surface area contributed by atoms with Crippen molar-refractivity contribution in [2.45, 2.75) is 91.3 Å². The van der Waals surface area contributed by atoms with Crippen molar-refractivity contribution < 1.29 is 144 Å². The number of esters is 2. The van der Waals surface area contributed by atoms with Gasteiger partial charge in [-0.25, -0.2) is 9.97 Å². The Morgan fingerprint density at radius 1 is 0.941 bits per heavy atom. The summed E-state index contributed by atoms with van der Waals surface area (Å²) < 4.78 is 28.1. The molecule has 0 amide bonds. The van der Waals surface area contributed by atoms with Crippen LogP contribution >= 0.6 is 43.5 Å².